The molecule has 28 heavy (non-hydrogen) atoms. The number of hydrogen-bond acceptors (Lipinski definition) is 6. The molecule has 2 N–H and O–H groups in total. The van der Waals surface area contributed by atoms with Crippen LogP contribution >= 0.6 is 0 Å². The van der Waals surface area contributed by atoms with E-state index in [9.17, 15) is 14.4 Å². The van der Waals surface area contributed by atoms with Crippen molar-refractivity contribution in [1.82, 2.24) is 20.0 Å². The first kappa shape index (κ1) is 19.3. The fourth-order valence-corrected chi connectivity index (χ4v) is 2.79. The zero-order valence-corrected chi connectivity index (χ0v) is 15.8. The molecule has 2 aromatic heterocycles. The molecule has 1 aromatic carbocycles. The number of esters is 1. The van der Waals surface area contributed by atoms with Crippen LogP contribution in [0.5, 0.6) is 0 Å². The van der Waals surface area contributed by atoms with Crippen LogP contribution in [-0.2, 0) is 20.7 Å². The number of carbonyl (C=O) groups excluding carboxylic acids is 2. The number of carbonyl (C=O) groups is 2. The summed E-state index contributed by atoms with van der Waals surface area (Å²) in [6.45, 7) is 5.36. The molecule has 0 bridgehead atoms. The molecule has 0 fully saturated rings. The van der Waals surface area contributed by atoms with Crippen LogP contribution < -0.4 is 10.9 Å². The minimum atomic E-state index is -1.00. The zero-order chi connectivity index (χ0) is 20.3. The lowest BCUT2D eigenvalue weighted by Crippen LogP contribution is -2.31. The van der Waals surface area contributed by atoms with Gasteiger partial charge in [0.05, 0.1) is 23.7 Å². The van der Waals surface area contributed by atoms with Gasteiger partial charge in [0.25, 0.3) is 11.5 Å². The molecular weight excluding hydrogens is 362 g/mol. The third-order valence-corrected chi connectivity index (χ3v) is 4.17. The number of amides is 1. The van der Waals surface area contributed by atoms with Gasteiger partial charge < -0.3 is 10.1 Å². The van der Waals surface area contributed by atoms with Crippen LogP contribution in [0.15, 0.2) is 41.3 Å². The van der Waals surface area contributed by atoms with Crippen LogP contribution in [0.1, 0.15) is 32.5 Å². The van der Waals surface area contributed by atoms with Gasteiger partial charge in [-0.1, -0.05) is 18.2 Å². The van der Waals surface area contributed by atoms with Crippen molar-refractivity contribution in [2.24, 2.45) is 0 Å². The Bertz CT molecular complexity index is 1070. The molecule has 0 saturated heterocycles. The van der Waals surface area contributed by atoms with Crippen LogP contribution in [0.25, 0.3) is 10.8 Å². The third-order valence-electron chi connectivity index (χ3n) is 4.17. The van der Waals surface area contributed by atoms with Crippen LogP contribution in [0, 0.1) is 0 Å². The Morgan fingerprint density at radius 1 is 1.18 bits per heavy atom. The highest BCUT2D eigenvalue weighted by molar-refractivity contribution is 5.95. The molecule has 0 aliphatic carbocycles. The summed E-state index contributed by atoms with van der Waals surface area (Å²) in [5.74, 6) is -0.559. The number of H-pyrrole nitrogens is 1. The van der Waals surface area contributed by atoms with Gasteiger partial charge in [-0.25, -0.2) is 9.78 Å². The van der Waals surface area contributed by atoms with E-state index in [-0.39, 0.29) is 18.0 Å². The predicted octanol–water partition coefficient (Wildman–Crippen LogP) is 1.81. The summed E-state index contributed by atoms with van der Waals surface area (Å²) >= 11 is 0. The maximum Gasteiger partial charge on any atom is 0.312 e. The topological polar surface area (TPSA) is 119 Å². The predicted molar refractivity (Wildman–Crippen MR) is 103 cm³/mol. The molecule has 1 atom stereocenters. The molecule has 9 heteroatoms. The lowest BCUT2D eigenvalue weighted by molar-refractivity contribution is -0.152. The van der Waals surface area contributed by atoms with Crippen molar-refractivity contribution in [3.8, 4) is 0 Å². The molecule has 9 nitrogen and oxygen atoms in total. The summed E-state index contributed by atoms with van der Waals surface area (Å²) in [7, 11) is 0. The Balaban J connectivity index is 1.66. The molecule has 3 aromatic rings. The molecular formula is C19H21N5O4. The summed E-state index contributed by atoms with van der Waals surface area (Å²) in [6.07, 6.45) is 0.412. The smallest absolute Gasteiger partial charge is 0.312 e. The summed E-state index contributed by atoms with van der Waals surface area (Å²) in [5.41, 5.74) is 0.0490. The summed E-state index contributed by atoms with van der Waals surface area (Å²) in [4.78, 5) is 36.4. The molecule has 3 rings (SSSR count). The molecule has 0 aliphatic heterocycles. The maximum absolute atomic E-state index is 12.3. The van der Waals surface area contributed by atoms with E-state index in [0.29, 0.717) is 22.3 Å². The zero-order valence-electron chi connectivity index (χ0n) is 15.8. The van der Waals surface area contributed by atoms with E-state index >= 15 is 0 Å². The second-order valence-corrected chi connectivity index (χ2v) is 6.60. The van der Waals surface area contributed by atoms with Gasteiger partial charge in [0.1, 0.15) is 5.82 Å². The van der Waals surface area contributed by atoms with Crippen molar-refractivity contribution in [3.63, 3.8) is 0 Å². The molecule has 0 aliphatic rings. The molecule has 0 spiro atoms. The number of benzene rings is 1. The number of anilines is 1. The van der Waals surface area contributed by atoms with E-state index in [1.807, 2.05) is 13.8 Å². The number of hydrogen-bond donors (Lipinski definition) is 2. The quantitative estimate of drug-likeness (QED) is 0.627. The Morgan fingerprint density at radius 3 is 2.61 bits per heavy atom. The largest absolute Gasteiger partial charge is 0.452 e. The van der Waals surface area contributed by atoms with Crippen molar-refractivity contribution < 1.29 is 14.3 Å². The Labute approximate surface area is 160 Å². The van der Waals surface area contributed by atoms with E-state index in [4.69, 9.17) is 4.74 Å². The van der Waals surface area contributed by atoms with E-state index in [1.54, 1.807) is 41.2 Å². The molecule has 0 saturated carbocycles. The summed E-state index contributed by atoms with van der Waals surface area (Å²) in [6, 6.07) is 8.59. The van der Waals surface area contributed by atoms with Crippen molar-refractivity contribution >= 4 is 28.5 Å². The van der Waals surface area contributed by atoms with Gasteiger partial charge in [0.15, 0.2) is 6.10 Å². The van der Waals surface area contributed by atoms with E-state index in [1.165, 1.54) is 6.92 Å². The Morgan fingerprint density at radius 2 is 1.89 bits per heavy atom. The van der Waals surface area contributed by atoms with Crippen molar-refractivity contribution in [1.29, 1.82) is 0 Å². The van der Waals surface area contributed by atoms with Gasteiger partial charge in [-0.05, 0) is 26.8 Å². The highest BCUT2D eigenvalue weighted by Crippen LogP contribution is 2.15. The minimum absolute atomic E-state index is 0.0720. The van der Waals surface area contributed by atoms with Gasteiger partial charge in [0, 0.05) is 17.5 Å². The number of nitrogens with one attached hydrogen (secondary N) is 2. The first-order valence-corrected chi connectivity index (χ1v) is 8.87. The fourth-order valence-electron chi connectivity index (χ4n) is 2.79. The van der Waals surface area contributed by atoms with Gasteiger partial charge >= 0.3 is 5.97 Å². The lowest BCUT2D eigenvalue weighted by Gasteiger charge is -2.15. The fraction of sp³-hybridized carbons (Fsp3) is 0.316. The van der Waals surface area contributed by atoms with Crippen molar-refractivity contribution in [2.45, 2.75) is 39.3 Å². The Kier molecular flexibility index (Phi) is 5.53. The molecule has 0 unspecified atom stereocenters. The first-order valence-electron chi connectivity index (χ1n) is 8.87. The first-order chi connectivity index (χ1) is 13.4. The second kappa shape index (κ2) is 8.03. The number of ether oxygens (including phenoxy) is 1. The maximum atomic E-state index is 12.3. The number of rotatable bonds is 6. The normalized spacial score (nSPS) is 12.1. The number of aromatic amines is 1. The second-order valence-electron chi connectivity index (χ2n) is 6.60. The van der Waals surface area contributed by atoms with E-state index in [0.717, 1.165) is 0 Å². The van der Waals surface area contributed by atoms with Gasteiger partial charge in [-0.3, -0.25) is 14.4 Å². The van der Waals surface area contributed by atoms with Gasteiger partial charge in [-0.15, -0.1) is 0 Å². The molecule has 2 heterocycles. The standard InChI is InChI=1S/C19H21N5O4/c1-11(2)24-16(8-9-20-24)21-18(26)12(3)28-17(25)10-15-13-6-4-5-7-14(13)19(27)23-22-15/h4-9,11-12H,10H2,1-3H3,(H,21,26)(H,23,27)/t12-/m1/s1. The third kappa shape index (κ3) is 4.08. The SMILES string of the molecule is CC(C)n1nccc1NC(=O)[C@@H](C)OC(=O)Cc1n[nH]c(=O)c2ccccc12. The number of fused-ring (bicyclic) bond motifs is 1. The molecule has 146 valence electrons. The van der Waals surface area contributed by atoms with Gasteiger partial charge in [0.2, 0.25) is 0 Å². The van der Waals surface area contributed by atoms with Crippen molar-refractivity contribution in [2.75, 3.05) is 5.32 Å². The molecule has 1 amide bonds. The summed E-state index contributed by atoms with van der Waals surface area (Å²) in [5, 5.41) is 14.2. The van der Waals surface area contributed by atoms with Crippen molar-refractivity contribution in [3.05, 3.63) is 52.6 Å². The van der Waals surface area contributed by atoms with Crippen LogP contribution in [-0.4, -0.2) is 38.0 Å². The highest BCUT2D eigenvalue weighted by atomic mass is 16.5. The Hall–Kier alpha value is -3.49. The van der Waals surface area contributed by atoms with Gasteiger partial charge in [-0.2, -0.15) is 10.2 Å². The lowest BCUT2D eigenvalue weighted by atomic mass is 10.1. The minimum Gasteiger partial charge on any atom is -0.452 e. The van der Waals surface area contributed by atoms with Crippen LogP contribution in [0.3, 0.4) is 0 Å². The van der Waals surface area contributed by atoms with E-state index in [2.05, 4.69) is 20.6 Å². The highest BCUT2D eigenvalue weighted by Gasteiger charge is 2.21. The van der Waals surface area contributed by atoms with Crippen LogP contribution in [0.2, 0.25) is 0 Å². The average molecular weight is 383 g/mol. The number of aromatic nitrogens is 4. The monoisotopic (exact) mass is 383 g/mol. The average Bonchev–Trinajstić information content (AvgIpc) is 3.12. The molecule has 0 radical (unpaired) electrons. The number of nitrogens with zero attached hydrogens (tertiary/aromatic N) is 3. The van der Waals surface area contributed by atoms with E-state index < -0.39 is 18.0 Å². The van der Waals surface area contributed by atoms with Crippen LogP contribution in [0.4, 0.5) is 5.82 Å². The summed E-state index contributed by atoms with van der Waals surface area (Å²) < 4.78 is 6.89.